The number of benzene rings is 1. The Morgan fingerprint density at radius 2 is 1.97 bits per heavy atom. The SMILES string of the molecule is CNC(=O)c1c(F)cnc2c([C@H](C)CNc3cc(-c4ccc(C5(O)COC5)nc4)ncn3)cccc12.S. The van der Waals surface area contributed by atoms with Gasteiger partial charge in [0.2, 0.25) is 0 Å². The standard InChI is InChI=1S/C26H25FN6O3.H2S/c1-15(17-4-3-5-18-23(25(34)28-2)19(27)11-31-24(17)18)9-30-22-8-20(32-14-33-22)16-6-7-21(29-10-16)26(35)12-36-13-26;/h3-8,10-11,14-15,35H,9,12-13H2,1-2H3,(H,28,34)(H,30,32,33);1H2/t15-;/m1./s1. The zero-order valence-corrected chi connectivity index (χ0v) is 21.3. The molecule has 1 aliphatic rings. The highest BCUT2D eigenvalue weighted by molar-refractivity contribution is 7.59. The van der Waals surface area contributed by atoms with Gasteiger partial charge in [-0.3, -0.25) is 14.8 Å². The first kappa shape index (κ1) is 26.4. The van der Waals surface area contributed by atoms with Crippen LogP contribution in [0.25, 0.3) is 22.2 Å². The van der Waals surface area contributed by atoms with E-state index in [1.165, 1.54) is 13.4 Å². The highest BCUT2D eigenvalue weighted by Crippen LogP contribution is 2.30. The molecule has 3 N–H and O–H groups in total. The first-order valence-corrected chi connectivity index (χ1v) is 11.5. The minimum Gasteiger partial charge on any atom is -0.379 e. The summed E-state index contributed by atoms with van der Waals surface area (Å²) in [5.41, 5.74) is 2.49. The summed E-state index contributed by atoms with van der Waals surface area (Å²) in [7, 11) is 1.47. The Morgan fingerprint density at radius 3 is 2.65 bits per heavy atom. The summed E-state index contributed by atoms with van der Waals surface area (Å²) in [6.07, 6.45) is 4.23. The van der Waals surface area contributed by atoms with E-state index in [2.05, 4.69) is 30.6 Å². The first-order valence-electron chi connectivity index (χ1n) is 11.5. The fourth-order valence-corrected chi connectivity index (χ4v) is 4.22. The number of carbonyl (C=O) groups excluding carboxylic acids is 1. The van der Waals surface area contributed by atoms with Crippen LogP contribution in [0.5, 0.6) is 0 Å². The van der Waals surface area contributed by atoms with Gasteiger partial charge in [-0.1, -0.05) is 25.1 Å². The molecular formula is C26H27FN6O3S. The van der Waals surface area contributed by atoms with Gasteiger partial charge in [0.25, 0.3) is 5.91 Å². The molecule has 9 nitrogen and oxygen atoms in total. The topological polar surface area (TPSA) is 122 Å². The Bertz CT molecular complexity index is 1430. The lowest BCUT2D eigenvalue weighted by Crippen LogP contribution is -2.47. The largest absolute Gasteiger partial charge is 0.379 e. The minimum absolute atomic E-state index is 0. The smallest absolute Gasteiger partial charge is 0.254 e. The average molecular weight is 523 g/mol. The summed E-state index contributed by atoms with van der Waals surface area (Å²) in [4.78, 5) is 29.6. The van der Waals surface area contributed by atoms with Crippen molar-refractivity contribution in [3.05, 3.63) is 77.8 Å². The van der Waals surface area contributed by atoms with Crippen molar-refractivity contribution in [1.82, 2.24) is 25.3 Å². The summed E-state index contributed by atoms with van der Waals surface area (Å²) in [6.45, 7) is 3.03. The number of ether oxygens (including phenoxy) is 1. The van der Waals surface area contributed by atoms with Crippen LogP contribution in [-0.4, -0.2) is 57.8 Å². The Hall–Kier alpha value is -3.67. The van der Waals surface area contributed by atoms with Crippen LogP contribution in [0.4, 0.5) is 10.2 Å². The number of amides is 1. The van der Waals surface area contributed by atoms with Gasteiger partial charge < -0.3 is 20.5 Å². The molecule has 0 aliphatic carbocycles. The predicted octanol–water partition coefficient (Wildman–Crippen LogP) is 3.13. The molecule has 1 amide bonds. The van der Waals surface area contributed by atoms with E-state index in [-0.39, 0.29) is 38.2 Å². The molecule has 4 aromatic rings. The number of halogens is 1. The molecule has 192 valence electrons. The molecule has 0 spiro atoms. The van der Waals surface area contributed by atoms with Crippen LogP contribution in [-0.2, 0) is 10.3 Å². The number of pyridine rings is 2. The fourth-order valence-electron chi connectivity index (χ4n) is 4.22. The molecule has 1 aliphatic heterocycles. The van der Waals surface area contributed by atoms with Crippen molar-refractivity contribution < 1.29 is 19.0 Å². The van der Waals surface area contributed by atoms with Crippen molar-refractivity contribution in [2.24, 2.45) is 0 Å². The quantitative estimate of drug-likeness (QED) is 0.338. The average Bonchev–Trinajstić information content (AvgIpc) is 2.89. The Balaban J connectivity index is 0.00000320. The van der Waals surface area contributed by atoms with Crippen molar-refractivity contribution in [2.75, 3.05) is 32.1 Å². The summed E-state index contributed by atoms with van der Waals surface area (Å²) in [5, 5.41) is 16.7. The molecule has 1 saturated heterocycles. The number of anilines is 1. The maximum Gasteiger partial charge on any atom is 0.254 e. The van der Waals surface area contributed by atoms with Crippen molar-refractivity contribution in [3.8, 4) is 11.3 Å². The third-order valence-electron chi connectivity index (χ3n) is 6.34. The number of para-hydroxylation sites is 1. The highest BCUT2D eigenvalue weighted by atomic mass is 32.1. The second-order valence-corrected chi connectivity index (χ2v) is 8.83. The van der Waals surface area contributed by atoms with E-state index in [0.29, 0.717) is 34.7 Å². The molecular weight excluding hydrogens is 495 g/mol. The van der Waals surface area contributed by atoms with Gasteiger partial charge in [-0.05, 0) is 17.7 Å². The molecule has 1 atom stereocenters. The van der Waals surface area contributed by atoms with Crippen LogP contribution in [0.1, 0.15) is 34.5 Å². The molecule has 0 unspecified atom stereocenters. The van der Waals surface area contributed by atoms with Gasteiger partial charge in [-0.15, -0.1) is 0 Å². The number of nitrogens with zero attached hydrogens (tertiary/aromatic N) is 4. The number of rotatable bonds is 7. The number of hydrogen-bond donors (Lipinski definition) is 3. The van der Waals surface area contributed by atoms with E-state index in [0.717, 1.165) is 17.3 Å². The lowest BCUT2D eigenvalue weighted by molar-refractivity contribution is -0.186. The molecule has 37 heavy (non-hydrogen) atoms. The van der Waals surface area contributed by atoms with Crippen LogP contribution in [0.2, 0.25) is 0 Å². The van der Waals surface area contributed by atoms with E-state index in [1.54, 1.807) is 24.4 Å². The predicted molar refractivity (Wildman–Crippen MR) is 142 cm³/mol. The maximum absolute atomic E-state index is 14.4. The molecule has 3 aromatic heterocycles. The molecule has 4 heterocycles. The van der Waals surface area contributed by atoms with Gasteiger partial charge in [-0.25, -0.2) is 14.4 Å². The number of fused-ring (bicyclic) bond motifs is 1. The summed E-state index contributed by atoms with van der Waals surface area (Å²) in [6, 6.07) is 10.9. The second kappa shape index (κ2) is 10.8. The summed E-state index contributed by atoms with van der Waals surface area (Å²) in [5.74, 6) is -0.536. The third kappa shape index (κ3) is 5.10. The van der Waals surface area contributed by atoms with Gasteiger partial charge in [0.1, 0.15) is 12.1 Å². The molecule has 5 rings (SSSR count). The van der Waals surface area contributed by atoms with Crippen LogP contribution >= 0.6 is 13.5 Å². The molecule has 1 fully saturated rings. The lowest BCUT2D eigenvalue weighted by atomic mass is 9.95. The van der Waals surface area contributed by atoms with Crippen LogP contribution in [0, 0.1) is 5.82 Å². The van der Waals surface area contributed by atoms with Gasteiger partial charge in [0, 0.05) is 42.7 Å². The van der Waals surface area contributed by atoms with Crippen molar-refractivity contribution in [3.63, 3.8) is 0 Å². The van der Waals surface area contributed by atoms with Crippen LogP contribution in [0.15, 0.2) is 55.1 Å². The number of nitrogens with one attached hydrogen (secondary N) is 2. The Morgan fingerprint density at radius 1 is 1.16 bits per heavy atom. The third-order valence-corrected chi connectivity index (χ3v) is 6.34. The van der Waals surface area contributed by atoms with E-state index in [4.69, 9.17) is 4.74 Å². The lowest BCUT2D eigenvalue weighted by Gasteiger charge is -2.35. The number of carbonyl (C=O) groups is 1. The normalized spacial score (nSPS) is 14.8. The van der Waals surface area contributed by atoms with E-state index in [9.17, 15) is 14.3 Å². The second-order valence-electron chi connectivity index (χ2n) is 8.83. The maximum atomic E-state index is 14.4. The fraction of sp³-hybridized carbons (Fsp3) is 0.269. The zero-order valence-electron chi connectivity index (χ0n) is 20.3. The molecule has 0 radical (unpaired) electrons. The van der Waals surface area contributed by atoms with Crippen LogP contribution < -0.4 is 10.6 Å². The highest BCUT2D eigenvalue weighted by Gasteiger charge is 2.39. The summed E-state index contributed by atoms with van der Waals surface area (Å²) >= 11 is 0. The van der Waals surface area contributed by atoms with Gasteiger partial charge in [0.05, 0.1) is 41.9 Å². The monoisotopic (exact) mass is 522 g/mol. The first-order chi connectivity index (χ1) is 17.4. The number of aliphatic hydroxyl groups is 1. The van der Waals surface area contributed by atoms with Crippen LogP contribution in [0.3, 0.4) is 0 Å². The zero-order chi connectivity index (χ0) is 25.3. The van der Waals surface area contributed by atoms with Gasteiger partial charge in [0.15, 0.2) is 11.4 Å². The van der Waals surface area contributed by atoms with E-state index in [1.807, 2.05) is 25.1 Å². The van der Waals surface area contributed by atoms with Crippen molar-refractivity contribution in [1.29, 1.82) is 0 Å². The summed E-state index contributed by atoms with van der Waals surface area (Å²) < 4.78 is 19.5. The Labute approximate surface area is 220 Å². The van der Waals surface area contributed by atoms with E-state index >= 15 is 0 Å². The minimum atomic E-state index is -1.02. The molecule has 1 aromatic carbocycles. The van der Waals surface area contributed by atoms with Crippen molar-refractivity contribution in [2.45, 2.75) is 18.4 Å². The van der Waals surface area contributed by atoms with Gasteiger partial charge >= 0.3 is 0 Å². The number of aromatic nitrogens is 4. The molecule has 11 heteroatoms. The number of hydrogen-bond acceptors (Lipinski definition) is 8. The molecule has 0 saturated carbocycles. The van der Waals surface area contributed by atoms with E-state index < -0.39 is 17.3 Å². The molecule has 0 bridgehead atoms. The Kier molecular flexibility index (Phi) is 7.67. The van der Waals surface area contributed by atoms with Crippen molar-refractivity contribution >= 4 is 36.1 Å². The van der Waals surface area contributed by atoms with Gasteiger partial charge in [-0.2, -0.15) is 13.5 Å².